The summed E-state index contributed by atoms with van der Waals surface area (Å²) in [5.74, 6) is 2.61. The molecule has 72 valence electrons. The average molecular weight is 187 g/mol. The Labute approximate surface area is 84.3 Å². The van der Waals surface area contributed by atoms with Crippen molar-refractivity contribution in [2.75, 3.05) is 19.8 Å². The highest BCUT2D eigenvalue weighted by molar-refractivity contribution is 5.35. The molecule has 1 heterocycles. The van der Waals surface area contributed by atoms with Crippen molar-refractivity contribution in [2.45, 2.75) is 6.04 Å². The van der Waals surface area contributed by atoms with Crippen molar-refractivity contribution in [2.24, 2.45) is 0 Å². The molecule has 1 aromatic rings. The molecule has 0 saturated carbocycles. The lowest BCUT2D eigenvalue weighted by Crippen LogP contribution is -2.34. The van der Waals surface area contributed by atoms with E-state index >= 15 is 0 Å². The Morgan fingerprint density at radius 3 is 2.71 bits per heavy atom. The molecule has 2 heteroatoms. The van der Waals surface area contributed by atoms with E-state index in [1.807, 2.05) is 12.1 Å². The van der Waals surface area contributed by atoms with Crippen molar-refractivity contribution in [1.82, 2.24) is 5.32 Å². The van der Waals surface area contributed by atoms with Gasteiger partial charge in [0.05, 0.1) is 19.3 Å². The van der Waals surface area contributed by atoms with E-state index in [9.17, 15) is 0 Å². The van der Waals surface area contributed by atoms with Crippen molar-refractivity contribution in [3.05, 3.63) is 35.4 Å². The van der Waals surface area contributed by atoms with Crippen LogP contribution in [-0.4, -0.2) is 19.8 Å². The van der Waals surface area contributed by atoms with E-state index in [0.29, 0.717) is 6.04 Å². The van der Waals surface area contributed by atoms with E-state index in [0.717, 1.165) is 25.3 Å². The summed E-state index contributed by atoms with van der Waals surface area (Å²) in [6, 6.07) is 8.36. The first-order valence-corrected chi connectivity index (χ1v) is 4.78. The number of morpholine rings is 1. The van der Waals surface area contributed by atoms with E-state index in [4.69, 9.17) is 11.2 Å². The zero-order valence-corrected chi connectivity index (χ0v) is 7.99. The van der Waals surface area contributed by atoms with Crippen LogP contribution in [0.15, 0.2) is 24.3 Å². The molecule has 1 saturated heterocycles. The van der Waals surface area contributed by atoms with E-state index in [1.165, 1.54) is 5.56 Å². The molecular weight excluding hydrogens is 174 g/mol. The van der Waals surface area contributed by atoms with Crippen LogP contribution in [0.5, 0.6) is 0 Å². The van der Waals surface area contributed by atoms with Gasteiger partial charge in [0.1, 0.15) is 0 Å². The number of hydrogen-bond acceptors (Lipinski definition) is 2. The second-order valence-corrected chi connectivity index (χ2v) is 3.35. The lowest BCUT2D eigenvalue weighted by atomic mass is 10.1. The lowest BCUT2D eigenvalue weighted by molar-refractivity contribution is 0.0769. The summed E-state index contributed by atoms with van der Waals surface area (Å²) in [6.45, 7) is 2.47. The predicted octanol–water partition coefficient (Wildman–Crippen LogP) is 1.33. The van der Waals surface area contributed by atoms with E-state index < -0.39 is 0 Å². The molecule has 2 nitrogen and oxygen atoms in total. The minimum absolute atomic E-state index is 0.315. The van der Waals surface area contributed by atoms with E-state index in [-0.39, 0.29) is 0 Å². The van der Waals surface area contributed by atoms with Crippen molar-refractivity contribution < 1.29 is 4.74 Å². The first-order valence-electron chi connectivity index (χ1n) is 4.78. The highest BCUT2D eigenvalue weighted by Gasteiger charge is 2.14. The van der Waals surface area contributed by atoms with E-state index in [2.05, 4.69) is 23.4 Å². The molecule has 0 bridgehead atoms. The third kappa shape index (κ3) is 1.95. The maximum absolute atomic E-state index is 5.39. The van der Waals surface area contributed by atoms with Gasteiger partial charge in [0.15, 0.2) is 0 Å². The average Bonchev–Trinajstić information content (AvgIpc) is 2.30. The van der Waals surface area contributed by atoms with Crippen LogP contribution in [0, 0.1) is 12.3 Å². The van der Waals surface area contributed by atoms with Crippen LogP contribution >= 0.6 is 0 Å². The highest BCUT2D eigenvalue weighted by atomic mass is 16.5. The van der Waals surface area contributed by atoms with Crippen molar-refractivity contribution in [1.29, 1.82) is 0 Å². The molecule has 1 N–H and O–H groups in total. The fraction of sp³-hybridized carbons (Fsp3) is 0.333. The van der Waals surface area contributed by atoms with Crippen molar-refractivity contribution >= 4 is 0 Å². The first kappa shape index (κ1) is 9.26. The molecule has 1 aromatic carbocycles. The minimum Gasteiger partial charge on any atom is -0.378 e. The first-order chi connectivity index (χ1) is 6.90. The quantitative estimate of drug-likeness (QED) is 0.670. The molecule has 0 radical (unpaired) electrons. The number of nitrogens with one attached hydrogen (secondary N) is 1. The lowest BCUT2D eigenvalue weighted by Gasteiger charge is -2.24. The molecule has 14 heavy (non-hydrogen) atoms. The van der Waals surface area contributed by atoms with Gasteiger partial charge in [-0.25, -0.2) is 0 Å². The summed E-state index contributed by atoms with van der Waals surface area (Å²) in [5.41, 5.74) is 2.16. The Kier molecular flexibility index (Phi) is 2.83. The van der Waals surface area contributed by atoms with Crippen molar-refractivity contribution in [3.63, 3.8) is 0 Å². The zero-order chi connectivity index (χ0) is 9.80. The molecular formula is C12H13NO. The van der Waals surface area contributed by atoms with Gasteiger partial charge in [-0.1, -0.05) is 18.1 Å². The normalized spacial score (nSPS) is 21.5. The largest absolute Gasteiger partial charge is 0.378 e. The standard InChI is InChI=1S/C12H13NO/c1-2-10-3-5-11(6-4-10)12-9-14-8-7-13-12/h1,3-6,12-13H,7-9H2/t12-/m0/s1. The maximum Gasteiger partial charge on any atom is 0.0662 e. The Balaban J connectivity index is 2.12. The Hall–Kier alpha value is -1.30. The minimum atomic E-state index is 0.315. The second kappa shape index (κ2) is 4.28. The topological polar surface area (TPSA) is 21.3 Å². The predicted molar refractivity (Wildman–Crippen MR) is 55.9 cm³/mol. The molecule has 1 aliphatic heterocycles. The Bertz CT molecular complexity index is 330. The molecule has 0 spiro atoms. The summed E-state index contributed by atoms with van der Waals surface area (Å²) in [5, 5.41) is 3.40. The van der Waals surface area contributed by atoms with Crippen molar-refractivity contribution in [3.8, 4) is 12.3 Å². The number of hydrogen-bond donors (Lipinski definition) is 1. The van der Waals surface area contributed by atoms with Crippen LogP contribution in [0.1, 0.15) is 17.2 Å². The van der Waals surface area contributed by atoms with Gasteiger partial charge in [-0.15, -0.1) is 6.42 Å². The van der Waals surface area contributed by atoms with Gasteiger partial charge < -0.3 is 10.1 Å². The van der Waals surface area contributed by atoms with Crippen LogP contribution in [0.4, 0.5) is 0 Å². The SMILES string of the molecule is C#Cc1ccc([C@@H]2COCCN2)cc1. The fourth-order valence-corrected chi connectivity index (χ4v) is 1.59. The van der Waals surface area contributed by atoms with Crippen LogP contribution in [0.3, 0.4) is 0 Å². The molecule has 2 rings (SSSR count). The van der Waals surface area contributed by atoms with E-state index in [1.54, 1.807) is 0 Å². The van der Waals surface area contributed by atoms with Gasteiger partial charge in [0.25, 0.3) is 0 Å². The van der Waals surface area contributed by atoms with Crippen LogP contribution < -0.4 is 5.32 Å². The molecule has 1 atom stereocenters. The molecule has 0 amide bonds. The van der Waals surface area contributed by atoms with Crippen LogP contribution in [0.25, 0.3) is 0 Å². The summed E-state index contributed by atoms with van der Waals surface area (Å²) >= 11 is 0. The smallest absolute Gasteiger partial charge is 0.0662 e. The van der Waals surface area contributed by atoms with Crippen LogP contribution in [-0.2, 0) is 4.74 Å². The number of ether oxygens (including phenoxy) is 1. The molecule has 0 aliphatic carbocycles. The molecule has 0 aromatic heterocycles. The number of rotatable bonds is 1. The van der Waals surface area contributed by atoms with Gasteiger partial charge in [-0.2, -0.15) is 0 Å². The fourth-order valence-electron chi connectivity index (χ4n) is 1.59. The second-order valence-electron chi connectivity index (χ2n) is 3.35. The Morgan fingerprint density at radius 1 is 1.36 bits per heavy atom. The third-order valence-electron chi connectivity index (χ3n) is 2.40. The molecule has 0 unspecified atom stereocenters. The number of terminal acetylenes is 1. The van der Waals surface area contributed by atoms with Gasteiger partial charge in [-0.05, 0) is 17.7 Å². The summed E-state index contributed by atoms with van der Waals surface area (Å²) in [6.07, 6.45) is 5.29. The summed E-state index contributed by atoms with van der Waals surface area (Å²) in [7, 11) is 0. The zero-order valence-electron chi connectivity index (χ0n) is 7.99. The Morgan fingerprint density at radius 2 is 2.14 bits per heavy atom. The third-order valence-corrected chi connectivity index (χ3v) is 2.40. The molecule has 1 fully saturated rings. The molecule has 1 aliphatic rings. The van der Waals surface area contributed by atoms with Gasteiger partial charge in [0, 0.05) is 12.1 Å². The van der Waals surface area contributed by atoms with Crippen LogP contribution in [0.2, 0.25) is 0 Å². The monoisotopic (exact) mass is 187 g/mol. The number of benzene rings is 1. The summed E-state index contributed by atoms with van der Waals surface area (Å²) < 4.78 is 5.39. The van der Waals surface area contributed by atoms with Gasteiger partial charge >= 0.3 is 0 Å². The van der Waals surface area contributed by atoms with Gasteiger partial charge in [-0.3, -0.25) is 0 Å². The maximum atomic E-state index is 5.39. The van der Waals surface area contributed by atoms with Gasteiger partial charge in [0.2, 0.25) is 0 Å². The highest BCUT2D eigenvalue weighted by Crippen LogP contribution is 2.15. The summed E-state index contributed by atoms with van der Waals surface area (Å²) in [4.78, 5) is 0.